The molecule has 0 radical (unpaired) electrons. The largest absolute Gasteiger partial charge is 0.360 e. The highest BCUT2D eigenvalue weighted by atomic mass is 16.2. The number of benzene rings is 2. The molecule has 1 aromatic heterocycles. The van der Waals surface area contributed by atoms with Crippen molar-refractivity contribution >= 4 is 22.8 Å². The van der Waals surface area contributed by atoms with Crippen molar-refractivity contribution in [3.05, 3.63) is 71.9 Å². The molecule has 1 aliphatic heterocycles. The second kappa shape index (κ2) is 7.53. The maximum atomic E-state index is 12.8. The van der Waals surface area contributed by atoms with Gasteiger partial charge < -0.3 is 20.1 Å². The molecule has 0 saturated carbocycles. The first-order valence-corrected chi connectivity index (χ1v) is 9.14. The summed E-state index contributed by atoms with van der Waals surface area (Å²) in [7, 11) is 0. The summed E-state index contributed by atoms with van der Waals surface area (Å²) in [5.74, 6) is 0.0109. The monoisotopic (exact) mass is 362 g/mol. The third kappa shape index (κ3) is 3.65. The van der Waals surface area contributed by atoms with Gasteiger partial charge in [0.1, 0.15) is 0 Å². The first-order chi connectivity index (χ1) is 13.2. The van der Waals surface area contributed by atoms with Crippen LogP contribution in [0.25, 0.3) is 10.9 Å². The molecule has 6 heteroatoms. The number of rotatable bonds is 3. The Kier molecular flexibility index (Phi) is 4.78. The molecule has 3 aromatic rings. The van der Waals surface area contributed by atoms with E-state index in [1.807, 2.05) is 59.5 Å². The van der Waals surface area contributed by atoms with Crippen LogP contribution < -0.4 is 5.32 Å². The minimum absolute atomic E-state index is 0.0109. The van der Waals surface area contributed by atoms with Crippen LogP contribution in [0.2, 0.25) is 0 Å². The van der Waals surface area contributed by atoms with Crippen molar-refractivity contribution in [3.8, 4) is 0 Å². The Morgan fingerprint density at radius 3 is 2.33 bits per heavy atom. The molecule has 0 unspecified atom stereocenters. The number of hydrogen-bond donors (Lipinski definition) is 2. The fraction of sp³-hybridized carbons (Fsp3) is 0.238. The van der Waals surface area contributed by atoms with Crippen LogP contribution in [-0.4, -0.2) is 52.9 Å². The van der Waals surface area contributed by atoms with E-state index >= 15 is 0 Å². The predicted molar refractivity (Wildman–Crippen MR) is 104 cm³/mol. The van der Waals surface area contributed by atoms with Gasteiger partial charge in [-0.2, -0.15) is 0 Å². The van der Waals surface area contributed by atoms with Crippen molar-refractivity contribution < 1.29 is 9.59 Å². The zero-order valence-electron chi connectivity index (χ0n) is 15.0. The number of nitrogens with one attached hydrogen (secondary N) is 2. The van der Waals surface area contributed by atoms with Gasteiger partial charge in [0, 0.05) is 49.8 Å². The summed E-state index contributed by atoms with van der Waals surface area (Å²) < 4.78 is 0. The van der Waals surface area contributed by atoms with Gasteiger partial charge >= 0.3 is 6.03 Å². The van der Waals surface area contributed by atoms with Gasteiger partial charge in [0.25, 0.3) is 5.91 Å². The fourth-order valence-electron chi connectivity index (χ4n) is 3.42. The summed E-state index contributed by atoms with van der Waals surface area (Å²) in [5.41, 5.74) is 2.71. The predicted octanol–water partition coefficient (Wildman–Crippen LogP) is 2.84. The molecule has 0 atom stereocenters. The second-order valence-corrected chi connectivity index (χ2v) is 6.67. The fourth-order valence-corrected chi connectivity index (χ4v) is 3.42. The minimum Gasteiger partial charge on any atom is -0.360 e. The third-order valence-electron chi connectivity index (χ3n) is 4.96. The van der Waals surface area contributed by atoms with Gasteiger partial charge in [0.15, 0.2) is 0 Å². The van der Waals surface area contributed by atoms with Crippen LogP contribution in [0.1, 0.15) is 15.9 Å². The average Bonchev–Trinajstić information content (AvgIpc) is 3.16. The molecule has 138 valence electrons. The highest BCUT2D eigenvalue weighted by molar-refractivity contribution is 6.06. The average molecular weight is 362 g/mol. The van der Waals surface area contributed by atoms with E-state index < -0.39 is 0 Å². The number of hydrogen-bond acceptors (Lipinski definition) is 2. The third-order valence-corrected chi connectivity index (χ3v) is 4.96. The summed E-state index contributed by atoms with van der Waals surface area (Å²) in [4.78, 5) is 31.9. The first-order valence-electron chi connectivity index (χ1n) is 9.14. The van der Waals surface area contributed by atoms with Crippen molar-refractivity contribution in [2.24, 2.45) is 0 Å². The Labute approximate surface area is 157 Å². The number of carbonyl (C=O) groups excluding carboxylic acids is 2. The summed E-state index contributed by atoms with van der Waals surface area (Å²) in [5, 5.41) is 3.88. The molecule has 1 aliphatic rings. The molecule has 4 rings (SSSR count). The number of H-pyrrole nitrogens is 1. The molecule has 0 aliphatic carbocycles. The Morgan fingerprint density at radius 2 is 1.56 bits per heavy atom. The highest BCUT2D eigenvalue weighted by Gasteiger charge is 2.26. The summed E-state index contributed by atoms with van der Waals surface area (Å²) in [6, 6.07) is 17.5. The van der Waals surface area contributed by atoms with Gasteiger partial charge in [-0.15, -0.1) is 0 Å². The SMILES string of the molecule is O=C(NCc1ccccc1)N1CCN(C(=O)c2c[nH]c3ccccc23)CC1. The lowest BCUT2D eigenvalue weighted by molar-refractivity contribution is 0.0667. The smallest absolute Gasteiger partial charge is 0.317 e. The van der Waals surface area contributed by atoms with Gasteiger partial charge in [-0.3, -0.25) is 4.79 Å². The first kappa shape index (κ1) is 17.1. The van der Waals surface area contributed by atoms with E-state index in [1.165, 1.54) is 0 Å². The highest BCUT2D eigenvalue weighted by Crippen LogP contribution is 2.20. The summed E-state index contributed by atoms with van der Waals surface area (Å²) in [6.45, 7) is 2.66. The van der Waals surface area contributed by atoms with E-state index in [0.717, 1.165) is 16.5 Å². The van der Waals surface area contributed by atoms with E-state index in [1.54, 1.807) is 11.1 Å². The molecule has 1 saturated heterocycles. The van der Waals surface area contributed by atoms with Crippen LogP contribution in [0.5, 0.6) is 0 Å². The second-order valence-electron chi connectivity index (χ2n) is 6.67. The van der Waals surface area contributed by atoms with Crippen molar-refractivity contribution in [2.45, 2.75) is 6.54 Å². The van der Waals surface area contributed by atoms with E-state index in [4.69, 9.17) is 0 Å². The lowest BCUT2D eigenvalue weighted by Gasteiger charge is -2.34. The molecule has 0 bridgehead atoms. The molecular formula is C21H22N4O2. The van der Waals surface area contributed by atoms with Crippen LogP contribution in [0, 0.1) is 0 Å². The van der Waals surface area contributed by atoms with Gasteiger partial charge in [-0.05, 0) is 11.6 Å². The lowest BCUT2D eigenvalue weighted by Crippen LogP contribution is -2.53. The van der Waals surface area contributed by atoms with Gasteiger partial charge in [0.05, 0.1) is 5.56 Å². The van der Waals surface area contributed by atoms with Crippen LogP contribution in [0.15, 0.2) is 60.8 Å². The Morgan fingerprint density at radius 1 is 0.889 bits per heavy atom. The van der Waals surface area contributed by atoms with Crippen LogP contribution >= 0.6 is 0 Å². The topological polar surface area (TPSA) is 68.4 Å². The van der Waals surface area contributed by atoms with Crippen LogP contribution in [0.3, 0.4) is 0 Å². The van der Waals surface area contributed by atoms with Gasteiger partial charge in [-0.1, -0.05) is 48.5 Å². The van der Waals surface area contributed by atoms with Crippen LogP contribution in [0.4, 0.5) is 4.79 Å². The van der Waals surface area contributed by atoms with Crippen LogP contribution in [-0.2, 0) is 6.54 Å². The van der Waals surface area contributed by atoms with E-state index in [0.29, 0.717) is 38.3 Å². The Hall–Kier alpha value is -3.28. The number of urea groups is 1. The zero-order chi connectivity index (χ0) is 18.6. The molecular weight excluding hydrogens is 340 g/mol. The summed E-state index contributed by atoms with van der Waals surface area (Å²) >= 11 is 0. The maximum absolute atomic E-state index is 12.8. The normalized spacial score (nSPS) is 14.4. The molecule has 3 amide bonds. The number of carbonyl (C=O) groups is 2. The van der Waals surface area contributed by atoms with Gasteiger partial charge in [0.2, 0.25) is 0 Å². The lowest BCUT2D eigenvalue weighted by atomic mass is 10.1. The number of fused-ring (bicyclic) bond motifs is 1. The van der Waals surface area contributed by atoms with Crippen molar-refractivity contribution in [1.82, 2.24) is 20.1 Å². The van der Waals surface area contributed by atoms with E-state index in [-0.39, 0.29) is 11.9 Å². The maximum Gasteiger partial charge on any atom is 0.317 e. The molecule has 2 heterocycles. The number of piperazine rings is 1. The number of aromatic nitrogens is 1. The van der Waals surface area contributed by atoms with Crippen molar-refractivity contribution in [2.75, 3.05) is 26.2 Å². The number of nitrogens with zero attached hydrogens (tertiary/aromatic N) is 2. The van der Waals surface area contributed by atoms with E-state index in [9.17, 15) is 9.59 Å². The summed E-state index contributed by atoms with van der Waals surface area (Å²) in [6.07, 6.45) is 1.77. The molecule has 27 heavy (non-hydrogen) atoms. The molecule has 2 N–H and O–H groups in total. The quantitative estimate of drug-likeness (QED) is 0.752. The van der Waals surface area contributed by atoms with Crippen molar-refractivity contribution in [3.63, 3.8) is 0 Å². The van der Waals surface area contributed by atoms with E-state index in [2.05, 4.69) is 10.3 Å². The van der Waals surface area contributed by atoms with Crippen molar-refractivity contribution in [1.29, 1.82) is 0 Å². The van der Waals surface area contributed by atoms with Gasteiger partial charge in [-0.25, -0.2) is 4.79 Å². The Bertz CT molecular complexity index is 943. The zero-order valence-corrected chi connectivity index (χ0v) is 15.0. The molecule has 2 aromatic carbocycles. The number of amides is 3. The Balaban J connectivity index is 1.33. The molecule has 6 nitrogen and oxygen atoms in total. The minimum atomic E-state index is -0.0851. The standard InChI is InChI=1S/C21H22N4O2/c26-20(18-15-22-19-9-5-4-8-17(18)19)24-10-12-25(13-11-24)21(27)23-14-16-6-2-1-3-7-16/h1-9,15,22H,10-14H2,(H,23,27). The molecule has 0 spiro atoms. The number of para-hydroxylation sites is 1. The molecule has 1 fully saturated rings. The number of aromatic amines is 1.